The predicted molar refractivity (Wildman–Crippen MR) is 132 cm³/mol. The summed E-state index contributed by atoms with van der Waals surface area (Å²) in [6, 6.07) is 16.7. The van der Waals surface area contributed by atoms with Gasteiger partial charge in [0.05, 0.1) is 18.9 Å². The molecule has 5 rings (SSSR count). The van der Waals surface area contributed by atoms with Crippen LogP contribution in [0.3, 0.4) is 0 Å². The van der Waals surface area contributed by atoms with Crippen LogP contribution in [0, 0.1) is 6.92 Å². The number of ether oxygens (including phenoxy) is 3. The number of rotatable bonds is 9. The normalized spacial score (nSPS) is 16.2. The zero-order chi connectivity index (χ0) is 24.9. The van der Waals surface area contributed by atoms with E-state index in [0.717, 1.165) is 24.0 Å². The largest absolute Gasteiger partial charge is 0.467 e. The summed E-state index contributed by atoms with van der Waals surface area (Å²) in [7, 11) is 0. The maximum absolute atomic E-state index is 13.7. The number of furan rings is 1. The number of hydrogen-bond acceptors (Lipinski definition) is 6. The van der Waals surface area contributed by atoms with E-state index in [4.69, 9.17) is 18.6 Å². The van der Waals surface area contributed by atoms with Crippen molar-refractivity contribution in [2.75, 3.05) is 26.5 Å². The van der Waals surface area contributed by atoms with Crippen LogP contribution >= 0.6 is 0 Å². The Bertz CT molecular complexity index is 1190. The molecule has 2 amide bonds. The first-order chi connectivity index (χ1) is 17.5. The van der Waals surface area contributed by atoms with Crippen molar-refractivity contribution in [1.29, 1.82) is 0 Å². The highest BCUT2D eigenvalue weighted by molar-refractivity contribution is 5.96. The van der Waals surface area contributed by atoms with E-state index in [1.165, 1.54) is 0 Å². The fourth-order valence-electron chi connectivity index (χ4n) is 4.48. The quantitative estimate of drug-likeness (QED) is 0.448. The van der Waals surface area contributed by atoms with E-state index in [1.54, 1.807) is 34.3 Å². The van der Waals surface area contributed by atoms with Crippen molar-refractivity contribution < 1.29 is 28.2 Å². The molecule has 8 nitrogen and oxygen atoms in total. The molecule has 1 atom stereocenters. The fraction of sp³-hybridized carbons (Fsp3) is 0.357. The molecule has 188 valence electrons. The first-order valence-corrected chi connectivity index (χ1v) is 12.2. The van der Waals surface area contributed by atoms with Crippen molar-refractivity contribution in [1.82, 2.24) is 9.80 Å². The van der Waals surface area contributed by atoms with Gasteiger partial charge in [-0.1, -0.05) is 23.8 Å². The second kappa shape index (κ2) is 10.9. The summed E-state index contributed by atoms with van der Waals surface area (Å²) < 4.78 is 22.2. The van der Waals surface area contributed by atoms with Crippen LogP contribution in [0.15, 0.2) is 65.3 Å². The van der Waals surface area contributed by atoms with Crippen molar-refractivity contribution in [2.24, 2.45) is 0 Å². The molecule has 3 aromatic rings. The number of fused-ring (bicyclic) bond motifs is 1. The van der Waals surface area contributed by atoms with Gasteiger partial charge >= 0.3 is 0 Å². The molecule has 0 N–H and O–H groups in total. The number of amides is 2. The maximum Gasteiger partial charge on any atom is 0.254 e. The Morgan fingerprint density at radius 3 is 2.56 bits per heavy atom. The van der Waals surface area contributed by atoms with E-state index < -0.39 is 0 Å². The molecule has 3 heterocycles. The summed E-state index contributed by atoms with van der Waals surface area (Å²) in [5.74, 6) is 1.66. The van der Waals surface area contributed by atoms with E-state index in [9.17, 15) is 9.59 Å². The molecule has 1 saturated heterocycles. The first-order valence-electron chi connectivity index (χ1n) is 12.2. The summed E-state index contributed by atoms with van der Waals surface area (Å²) in [4.78, 5) is 30.4. The van der Waals surface area contributed by atoms with Crippen LogP contribution in [0.2, 0.25) is 0 Å². The molecular formula is C28H30N2O6. The SMILES string of the molecule is Cc1ccc(C(=O)N(CC(=O)N(Cc2ccc3c(c2)OCO3)Cc2ccco2)CC2CCCO2)cc1. The highest BCUT2D eigenvalue weighted by Gasteiger charge is 2.28. The fourth-order valence-corrected chi connectivity index (χ4v) is 4.48. The topological polar surface area (TPSA) is 81.5 Å². The highest BCUT2D eigenvalue weighted by Crippen LogP contribution is 2.33. The number of benzene rings is 2. The lowest BCUT2D eigenvalue weighted by atomic mass is 10.1. The summed E-state index contributed by atoms with van der Waals surface area (Å²) >= 11 is 0. The molecule has 0 spiro atoms. The smallest absolute Gasteiger partial charge is 0.254 e. The van der Waals surface area contributed by atoms with Crippen LogP contribution in [0.5, 0.6) is 11.5 Å². The van der Waals surface area contributed by atoms with Crippen molar-refractivity contribution in [2.45, 2.75) is 39.0 Å². The molecular weight excluding hydrogens is 460 g/mol. The molecule has 2 aliphatic heterocycles. The molecule has 36 heavy (non-hydrogen) atoms. The van der Waals surface area contributed by atoms with Gasteiger partial charge in [0.15, 0.2) is 11.5 Å². The molecule has 2 aliphatic rings. The number of hydrogen-bond donors (Lipinski definition) is 0. The van der Waals surface area contributed by atoms with Gasteiger partial charge in [0, 0.05) is 25.3 Å². The van der Waals surface area contributed by atoms with Gasteiger partial charge in [0.25, 0.3) is 5.91 Å². The van der Waals surface area contributed by atoms with Crippen LogP contribution in [0.1, 0.15) is 40.1 Å². The summed E-state index contributed by atoms with van der Waals surface area (Å²) in [6.45, 7) is 3.78. The van der Waals surface area contributed by atoms with E-state index in [0.29, 0.717) is 42.5 Å². The van der Waals surface area contributed by atoms with Gasteiger partial charge in [-0.3, -0.25) is 9.59 Å². The van der Waals surface area contributed by atoms with E-state index in [-0.39, 0.29) is 37.8 Å². The molecule has 0 saturated carbocycles. The van der Waals surface area contributed by atoms with Gasteiger partial charge in [-0.15, -0.1) is 0 Å². The van der Waals surface area contributed by atoms with Crippen LogP contribution in [-0.4, -0.2) is 54.2 Å². The van der Waals surface area contributed by atoms with Crippen LogP contribution in [-0.2, 0) is 22.6 Å². The lowest BCUT2D eigenvalue weighted by molar-refractivity contribution is -0.133. The maximum atomic E-state index is 13.7. The number of aryl methyl sites for hydroxylation is 1. The molecule has 0 radical (unpaired) electrons. The molecule has 0 bridgehead atoms. The highest BCUT2D eigenvalue weighted by atomic mass is 16.7. The van der Waals surface area contributed by atoms with Gasteiger partial charge in [-0.05, 0) is 61.7 Å². The monoisotopic (exact) mass is 490 g/mol. The average molecular weight is 491 g/mol. The Labute approximate surface area is 210 Å². The molecule has 8 heteroatoms. The Morgan fingerprint density at radius 1 is 0.972 bits per heavy atom. The van der Waals surface area contributed by atoms with Gasteiger partial charge in [0.1, 0.15) is 12.3 Å². The minimum absolute atomic E-state index is 0.0577. The van der Waals surface area contributed by atoms with Crippen molar-refractivity contribution >= 4 is 11.8 Å². The Kier molecular flexibility index (Phi) is 7.23. The van der Waals surface area contributed by atoms with Crippen LogP contribution < -0.4 is 9.47 Å². The lowest BCUT2D eigenvalue weighted by Gasteiger charge is -2.29. The van der Waals surface area contributed by atoms with Gasteiger partial charge < -0.3 is 28.4 Å². The minimum atomic E-state index is -0.181. The summed E-state index contributed by atoms with van der Waals surface area (Å²) in [6.07, 6.45) is 3.35. The number of carbonyl (C=O) groups is 2. The Hall–Kier alpha value is -3.78. The number of nitrogens with zero attached hydrogens (tertiary/aromatic N) is 2. The van der Waals surface area contributed by atoms with E-state index >= 15 is 0 Å². The predicted octanol–water partition coefficient (Wildman–Crippen LogP) is 4.17. The zero-order valence-corrected chi connectivity index (χ0v) is 20.4. The number of carbonyl (C=O) groups excluding carboxylic acids is 2. The molecule has 0 aliphatic carbocycles. The van der Waals surface area contributed by atoms with E-state index in [1.807, 2.05) is 43.3 Å². The van der Waals surface area contributed by atoms with Crippen LogP contribution in [0.4, 0.5) is 0 Å². The van der Waals surface area contributed by atoms with Gasteiger partial charge in [-0.25, -0.2) is 0 Å². The Morgan fingerprint density at radius 2 is 1.81 bits per heavy atom. The van der Waals surface area contributed by atoms with Crippen molar-refractivity contribution in [3.63, 3.8) is 0 Å². The molecule has 1 fully saturated rings. The first kappa shape index (κ1) is 23.9. The third-order valence-corrected chi connectivity index (χ3v) is 6.45. The average Bonchev–Trinajstić information content (AvgIpc) is 3.66. The minimum Gasteiger partial charge on any atom is -0.467 e. The summed E-state index contributed by atoms with van der Waals surface area (Å²) in [5.41, 5.74) is 2.52. The van der Waals surface area contributed by atoms with E-state index in [2.05, 4.69) is 0 Å². The third-order valence-electron chi connectivity index (χ3n) is 6.45. The molecule has 1 aromatic heterocycles. The molecule has 1 unspecified atom stereocenters. The summed E-state index contributed by atoms with van der Waals surface area (Å²) in [5, 5.41) is 0. The van der Waals surface area contributed by atoms with Crippen LogP contribution in [0.25, 0.3) is 0 Å². The second-order valence-corrected chi connectivity index (χ2v) is 9.20. The lowest BCUT2D eigenvalue weighted by Crippen LogP contribution is -2.45. The van der Waals surface area contributed by atoms with Gasteiger partial charge in [0.2, 0.25) is 12.7 Å². The zero-order valence-electron chi connectivity index (χ0n) is 20.4. The molecule has 2 aromatic carbocycles. The van der Waals surface area contributed by atoms with Gasteiger partial charge in [-0.2, -0.15) is 0 Å². The van der Waals surface area contributed by atoms with Crippen molar-refractivity contribution in [3.05, 3.63) is 83.3 Å². The second-order valence-electron chi connectivity index (χ2n) is 9.20. The van der Waals surface area contributed by atoms with Crippen molar-refractivity contribution in [3.8, 4) is 11.5 Å². The Balaban J connectivity index is 1.36. The third kappa shape index (κ3) is 5.71. The standard InChI is InChI=1S/C28H30N2O6/c1-20-6-9-22(10-7-20)28(32)30(17-24-5-3-13-34-24)18-27(31)29(16-23-4-2-12-33-23)15-21-8-11-25-26(14-21)36-19-35-25/h2,4,6-12,14,24H,3,5,13,15-19H2,1H3.